The van der Waals surface area contributed by atoms with Crippen LogP contribution in [0.1, 0.15) is 16.8 Å². The van der Waals surface area contributed by atoms with Gasteiger partial charge in [-0.2, -0.15) is 0 Å². The van der Waals surface area contributed by atoms with Gasteiger partial charge in [0.1, 0.15) is 0 Å². The summed E-state index contributed by atoms with van der Waals surface area (Å²) in [5.41, 5.74) is 0.391. The molecule has 6 nitrogen and oxygen atoms in total. The molecule has 4 atom stereocenters. The molecule has 0 aromatic carbocycles. The van der Waals surface area contributed by atoms with Crippen LogP contribution in [-0.2, 0) is 11.8 Å². The van der Waals surface area contributed by atoms with Crippen LogP contribution in [0.2, 0.25) is 0 Å². The molecule has 21 heavy (non-hydrogen) atoms. The third kappa shape index (κ3) is 2.38. The van der Waals surface area contributed by atoms with Gasteiger partial charge in [0.25, 0.3) is 5.91 Å². The number of nitrogens with one attached hydrogen (secondary N) is 1. The van der Waals surface area contributed by atoms with Gasteiger partial charge in [0.15, 0.2) is 0 Å². The van der Waals surface area contributed by atoms with Crippen LogP contribution in [0.25, 0.3) is 0 Å². The fourth-order valence-electron chi connectivity index (χ4n) is 3.45. The highest BCUT2D eigenvalue weighted by atomic mass is 16.5. The molecule has 0 unspecified atom stereocenters. The Morgan fingerprint density at radius 2 is 2.19 bits per heavy atom. The average Bonchev–Trinajstić information content (AvgIpc) is 2.82. The van der Waals surface area contributed by atoms with Crippen molar-refractivity contribution in [3.63, 3.8) is 0 Å². The zero-order valence-corrected chi connectivity index (χ0v) is 12.6. The maximum Gasteiger partial charge on any atom is 0.253 e. The number of nitrogens with zero attached hydrogens (tertiary/aromatic N) is 2. The van der Waals surface area contributed by atoms with Crippen LogP contribution in [0.4, 0.5) is 0 Å². The molecule has 1 aromatic heterocycles. The molecule has 114 valence electrons. The number of rotatable bonds is 3. The first-order valence-corrected chi connectivity index (χ1v) is 7.24. The van der Waals surface area contributed by atoms with Crippen LogP contribution in [0, 0.1) is 5.92 Å². The van der Waals surface area contributed by atoms with Crippen LogP contribution in [0.5, 0.6) is 0 Å². The van der Waals surface area contributed by atoms with Gasteiger partial charge in [0, 0.05) is 31.8 Å². The van der Waals surface area contributed by atoms with Crippen LogP contribution in [0.3, 0.4) is 0 Å². The van der Waals surface area contributed by atoms with Gasteiger partial charge in [-0.3, -0.25) is 9.59 Å². The second-order valence-corrected chi connectivity index (χ2v) is 6.11. The number of carbonyl (C=O) groups is 1. The Balaban J connectivity index is 1.74. The van der Waals surface area contributed by atoms with Gasteiger partial charge >= 0.3 is 0 Å². The Morgan fingerprint density at radius 3 is 2.86 bits per heavy atom. The molecule has 2 fully saturated rings. The lowest BCUT2D eigenvalue weighted by atomic mass is 9.71. The smallest absolute Gasteiger partial charge is 0.253 e. The van der Waals surface area contributed by atoms with E-state index in [0.29, 0.717) is 11.5 Å². The van der Waals surface area contributed by atoms with Crippen LogP contribution in [0.15, 0.2) is 23.1 Å². The summed E-state index contributed by atoms with van der Waals surface area (Å²) in [6.45, 7) is 0.770. The normalized spacial score (nSPS) is 30.9. The lowest BCUT2D eigenvalue weighted by Gasteiger charge is -2.50. The zero-order valence-electron chi connectivity index (χ0n) is 12.6. The van der Waals surface area contributed by atoms with Crippen molar-refractivity contribution in [2.75, 3.05) is 20.7 Å². The molecule has 6 heteroatoms. The number of pyridine rings is 1. The van der Waals surface area contributed by atoms with Crippen LogP contribution >= 0.6 is 0 Å². The molecule has 2 aliphatic rings. The van der Waals surface area contributed by atoms with E-state index in [1.54, 1.807) is 19.3 Å². The number of hydrogen-bond donors (Lipinski definition) is 1. The van der Waals surface area contributed by atoms with E-state index in [0.717, 1.165) is 13.0 Å². The van der Waals surface area contributed by atoms with Gasteiger partial charge in [-0.05, 0) is 26.6 Å². The van der Waals surface area contributed by atoms with E-state index < -0.39 is 0 Å². The second-order valence-electron chi connectivity index (χ2n) is 6.11. The molecule has 1 aliphatic carbocycles. The molecule has 1 aromatic rings. The van der Waals surface area contributed by atoms with Crippen molar-refractivity contribution in [2.45, 2.75) is 24.6 Å². The van der Waals surface area contributed by atoms with Crippen molar-refractivity contribution in [3.05, 3.63) is 34.2 Å². The number of fused-ring (bicyclic) bond motifs is 1. The summed E-state index contributed by atoms with van der Waals surface area (Å²) in [6.07, 6.45) is 2.79. The first-order chi connectivity index (χ1) is 9.99. The van der Waals surface area contributed by atoms with Gasteiger partial charge in [0.2, 0.25) is 5.56 Å². The fraction of sp³-hybridized carbons (Fsp3) is 0.600. The van der Waals surface area contributed by atoms with E-state index >= 15 is 0 Å². The van der Waals surface area contributed by atoms with Crippen molar-refractivity contribution in [1.82, 2.24) is 14.8 Å². The molecule has 1 amide bonds. The van der Waals surface area contributed by atoms with Gasteiger partial charge < -0.3 is 19.5 Å². The second kappa shape index (κ2) is 5.27. The molecular formula is C15H21N3O3. The van der Waals surface area contributed by atoms with E-state index in [4.69, 9.17) is 4.74 Å². The summed E-state index contributed by atoms with van der Waals surface area (Å²) in [6, 6.07) is 3.32. The molecule has 3 rings (SSSR count). The third-order valence-corrected chi connectivity index (χ3v) is 4.59. The zero-order chi connectivity index (χ0) is 15.1. The fourth-order valence-corrected chi connectivity index (χ4v) is 3.45. The lowest BCUT2D eigenvalue weighted by Crippen LogP contribution is -2.69. The summed E-state index contributed by atoms with van der Waals surface area (Å²) in [5, 5.41) is 3.11. The van der Waals surface area contributed by atoms with E-state index in [-0.39, 0.29) is 29.7 Å². The maximum atomic E-state index is 12.4. The number of aryl methyl sites for hydroxylation is 1. The van der Waals surface area contributed by atoms with Crippen LogP contribution in [-0.4, -0.2) is 54.3 Å². The number of likely N-dealkylation sites (N-methyl/N-ethyl adjacent to an activating group) is 1. The Hall–Kier alpha value is -1.66. The molecule has 0 spiro atoms. The standard InChI is InChI=1S/C15H21N3O3/c1-17(2)13-12(10-6-7-21-14(10)13)16-15(20)9-4-5-11(19)18(3)8-9/h4-5,8,10,12-14H,6-7H2,1-3H3,(H,16,20)/t10-,12+,13-,14-/m1/s1. The number of aromatic nitrogens is 1. The number of ether oxygens (including phenoxy) is 1. The van der Waals surface area contributed by atoms with Crippen molar-refractivity contribution in [3.8, 4) is 0 Å². The first kappa shape index (κ1) is 14.3. The molecule has 0 bridgehead atoms. The number of hydrogen-bond acceptors (Lipinski definition) is 4. The van der Waals surface area contributed by atoms with E-state index in [2.05, 4.69) is 10.2 Å². The number of carbonyl (C=O) groups excluding carboxylic acids is 1. The lowest BCUT2D eigenvalue weighted by molar-refractivity contribution is -0.0664. The van der Waals surface area contributed by atoms with Gasteiger partial charge in [0.05, 0.1) is 23.8 Å². The van der Waals surface area contributed by atoms with Crippen molar-refractivity contribution < 1.29 is 9.53 Å². The minimum atomic E-state index is -0.132. The number of amides is 1. The molecule has 0 radical (unpaired) electrons. The van der Waals surface area contributed by atoms with E-state index in [1.807, 2.05) is 14.1 Å². The molecule has 1 N–H and O–H groups in total. The minimum absolute atomic E-state index is 0.109. The molecular weight excluding hydrogens is 270 g/mol. The van der Waals surface area contributed by atoms with Crippen molar-refractivity contribution in [2.24, 2.45) is 13.0 Å². The summed E-state index contributed by atoms with van der Waals surface area (Å²) in [4.78, 5) is 25.9. The molecule has 1 saturated heterocycles. The quantitative estimate of drug-likeness (QED) is 0.840. The van der Waals surface area contributed by atoms with E-state index in [1.165, 1.54) is 10.6 Å². The topological polar surface area (TPSA) is 63.6 Å². The first-order valence-electron chi connectivity index (χ1n) is 7.24. The monoisotopic (exact) mass is 291 g/mol. The Labute approximate surface area is 123 Å². The SMILES string of the molecule is CN(C)[C@@H]1[C@@H](NC(=O)c2ccc(=O)n(C)c2)[C@H]2CCO[C@H]21. The minimum Gasteiger partial charge on any atom is -0.376 e. The predicted molar refractivity (Wildman–Crippen MR) is 78.3 cm³/mol. The summed E-state index contributed by atoms with van der Waals surface area (Å²) in [7, 11) is 5.66. The molecule has 1 aliphatic heterocycles. The third-order valence-electron chi connectivity index (χ3n) is 4.59. The highest BCUT2D eigenvalue weighted by Crippen LogP contribution is 2.41. The molecule has 2 heterocycles. The predicted octanol–water partition coefficient (Wildman–Crippen LogP) is -0.167. The molecule has 1 saturated carbocycles. The van der Waals surface area contributed by atoms with E-state index in [9.17, 15) is 9.59 Å². The summed E-state index contributed by atoms with van der Waals surface area (Å²) in [5.74, 6) is 0.265. The van der Waals surface area contributed by atoms with Crippen LogP contribution < -0.4 is 10.9 Å². The largest absolute Gasteiger partial charge is 0.376 e. The van der Waals surface area contributed by atoms with Gasteiger partial charge in [-0.1, -0.05) is 0 Å². The Bertz CT molecular complexity index is 610. The van der Waals surface area contributed by atoms with Gasteiger partial charge in [-0.15, -0.1) is 0 Å². The summed E-state index contributed by atoms with van der Waals surface area (Å²) >= 11 is 0. The van der Waals surface area contributed by atoms with Crippen molar-refractivity contribution in [1.29, 1.82) is 0 Å². The maximum absolute atomic E-state index is 12.4. The van der Waals surface area contributed by atoms with Crippen molar-refractivity contribution >= 4 is 5.91 Å². The Kier molecular flexibility index (Phi) is 3.59. The summed E-state index contributed by atoms with van der Waals surface area (Å²) < 4.78 is 7.16. The average molecular weight is 291 g/mol. The van der Waals surface area contributed by atoms with Gasteiger partial charge in [-0.25, -0.2) is 0 Å². The highest BCUT2D eigenvalue weighted by Gasteiger charge is 2.55. The Morgan fingerprint density at radius 1 is 1.43 bits per heavy atom. The highest BCUT2D eigenvalue weighted by molar-refractivity contribution is 5.94.